The predicted octanol–water partition coefficient (Wildman–Crippen LogP) is 0.546. The number of aliphatic hydroxyl groups is 1. The molecular weight excluding hydrogens is 182 g/mol. The molecule has 0 aromatic rings. The minimum absolute atomic E-state index is 0.170. The molecule has 0 aromatic carbocycles. The molecule has 1 unspecified atom stereocenters. The zero-order valence-electron chi connectivity index (χ0n) is 9.25. The van der Waals surface area contributed by atoms with Gasteiger partial charge in [-0.1, -0.05) is 13.8 Å². The van der Waals surface area contributed by atoms with Gasteiger partial charge >= 0.3 is 5.97 Å². The zero-order valence-corrected chi connectivity index (χ0v) is 9.25. The Bertz CT molecular complexity index is 159. The Hall–Kier alpha value is -0.610. The molecule has 0 amide bonds. The molecule has 0 rings (SSSR count). The number of hydrogen-bond donors (Lipinski definition) is 2. The summed E-state index contributed by atoms with van der Waals surface area (Å²) in [5.74, 6) is 0.193. The highest BCUT2D eigenvalue weighted by Crippen LogP contribution is 2.02. The molecule has 1 atom stereocenters. The summed E-state index contributed by atoms with van der Waals surface area (Å²) in [7, 11) is 0. The van der Waals surface area contributed by atoms with Crippen LogP contribution in [-0.2, 0) is 9.53 Å². The van der Waals surface area contributed by atoms with Crippen molar-refractivity contribution in [1.29, 1.82) is 0 Å². The van der Waals surface area contributed by atoms with Gasteiger partial charge in [0, 0.05) is 6.54 Å². The van der Waals surface area contributed by atoms with Crippen molar-refractivity contribution in [3.8, 4) is 0 Å². The van der Waals surface area contributed by atoms with Crippen LogP contribution in [0.25, 0.3) is 0 Å². The summed E-state index contributed by atoms with van der Waals surface area (Å²) in [6, 6.07) is 0. The minimum Gasteiger partial charge on any atom is -0.465 e. The molecule has 0 saturated heterocycles. The minimum atomic E-state index is -0.385. The molecule has 0 spiro atoms. The largest absolute Gasteiger partial charge is 0.465 e. The smallest absolute Gasteiger partial charge is 0.319 e. The normalized spacial score (nSPS) is 12.9. The summed E-state index contributed by atoms with van der Waals surface area (Å²) in [5, 5.41) is 12.3. The fourth-order valence-corrected chi connectivity index (χ4v) is 1.18. The van der Waals surface area contributed by atoms with Gasteiger partial charge in [-0.2, -0.15) is 0 Å². The van der Waals surface area contributed by atoms with E-state index in [1.54, 1.807) is 6.92 Å². The van der Waals surface area contributed by atoms with E-state index in [0.717, 1.165) is 6.42 Å². The van der Waals surface area contributed by atoms with Crippen molar-refractivity contribution in [2.75, 3.05) is 19.7 Å². The second-order valence-corrected chi connectivity index (χ2v) is 3.72. The van der Waals surface area contributed by atoms with E-state index in [-0.39, 0.29) is 18.6 Å². The third kappa shape index (κ3) is 8.01. The second kappa shape index (κ2) is 7.76. The third-order valence-corrected chi connectivity index (χ3v) is 1.70. The Morgan fingerprint density at radius 1 is 1.50 bits per heavy atom. The van der Waals surface area contributed by atoms with Crippen LogP contribution in [0.15, 0.2) is 0 Å². The van der Waals surface area contributed by atoms with E-state index in [0.29, 0.717) is 19.1 Å². The van der Waals surface area contributed by atoms with Gasteiger partial charge in [0.05, 0.1) is 19.3 Å². The average molecular weight is 203 g/mol. The number of hydrogen-bond acceptors (Lipinski definition) is 4. The highest BCUT2D eigenvalue weighted by Gasteiger charge is 2.07. The molecule has 14 heavy (non-hydrogen) atoms. The summed E-state index contributed by atoms with van der Waals surface area (Å²) in [6.45, 7) is 6.88. The van der Waals surface area contributed by atoms with E-state index in [9.17, 15) is 9.90 Å². The molecule has 2 N–H and O–H groups in total. The van der Waals surface area contributed by atoms with E-state index in [2.05, 4.69) is 19.2 Å². The van der Waals surface area contributed by atoms with Crippen molar-refractivity contribution in [2.45, 2.75) is 33.3 Å². The van der Waals surface area contributed by atoms with Crippen LogP contribution in [-0.4, -0.2) is 36.9 Å². The maximum atomic E-state index is 10.9. The first-order chi connectivity index (χ1) is 6.56. The Kier molecular flexibility index (Phi) is 7.42. The lowest BCUT2D eigenvalue weighted by Crippen LogP contribution is -2.32. The van der Waals surface area contributed by atoms with Gasteiger partial charge in [0.15, 0.2) is 0 Å². The first-order valence-corrected chi connectivity index (χ1v) is 5.10. The van der Waals surface area contributed by atoms with Crippen LogP contribution >= 0.6 is 0 Å². The Labute approximate surface area is 85.6 Å². The summed E-state index contributed by atoms with van der Waals surface area (Å²) < 4.78 is 4.72. The summed E-state index contributed by atoms with van der Waals surface area (Å²) in [4.78, 5) is 10.9. The van der Waals surface area contributed by atoms with Crippen molar-refractivity contribution in [3.05, 3.63) is 0 Å². The lowest BCUT2D eigenvalue weighted by Gasteiger charge is -2.13. The molecule has 84 valence electrons. The number of carbonyl (C=O) groups is 1. The lowest BCUT2D eigenvalue weighted by atomic mass is 10.1. The fourth-order valence-electron chi connectivity index (χ4n) is 1.18. The maximum absolute atomic E-state index is 10.9. The van der Waals surface area contributed by atoms with Gasteiger partial charge in [0.25, 0.3) is 0 Å². The average Bonchev–Trinajstić information content (AvgIpc) is 2.02. The van der Waals surface area contributed by atoms with Crippen LogP contribution in [0, 0.1) is 5.92 Å². The Morgan fingerprint density at radius 2 is 2.14 bits per heavy atom. The highest BCUT2D eigenvalue weighted by atomic mass is 16.5. The molecule has 0 aliphatic carbocycles. The molecule has 0 radical (unpaired) electrons. The van der Waals surface area contributed by atoms with Crippen LogP contribution < -0.4 is 5.32 Å². The molecule has 4 heteroatoms. The monoisotopic (exact) mass is 203 g/mol. The number of ether oxygens (including phenoxy) is 1. The summed E-state index contributed by atoms with van der Waals surface area (Å²) >= 11 is 0. The van der Waals surface area contributed by atoms with Crippen molar-refractivity contribution in [3.63, 3.8) is 0 Å². The molecular formula is C10H21NO3. The van der Waals surface area contributed by atoms with Crippen LogP contribution in [0.5, 0.6) is 0 Å². The van der Waals surface area contributed by atoms with E-state index < -0.39 is 0 Å². The van der Waals surface area contributed by atoms with Gasteiger partial charge in [0.2, 0.25) is 0 Å². The maximum Gasteiger partial charge on any atom is 0.319 e. The summed E-state index contributed by atoms with van der Waals surface area (Å²) in [5.41, 5.74) is 0. The predicted molar refractivity (Wildman–Crippen MR) is 55.0 cm³/mol. The van der Waals surface area contributed by atoms with Crippen LogP contribution in [0.4, 0.5) is 0 Å². The first-order valence-electron chi connectivity index (χ1n) is 5.10. The second-order valence-electron chi connectivity index (χ2n) is 3.72. The molecule has 0 aromatic heterocycles. The Balaban J connectivity index is 3.39. The van der Waals surface area contributed by atoms with Crippen molar-refractivity contribution in [2.24, 2.45) is 5.92 Å². The standard InChI is InChI=1S/C10H21NO3/c1-4-14-10(13)7-11-6-9(12)5-8(2)3/h8-9,11-12H,4-7H2,1-3H3. The third-order valence-electron chi connectivity index (χ3n) is 1.70. The number of rotatable bonds is 7. The molecule has 0 fully saturated rings. The number of nitrogens with one attached hydrogen (secondary N) is 1. The van der Waals surface area contributed by atoms with Gasteiger partial charge < -0.3 is 15.2 Å². The van der Waals surface area contributed by atoms with E-state index >= 15 is 0 Å². The Morgan fingerprint density at radius 3 is 2.64 bits per heavy atom. The molecule has 0 saturated carbocycles. The van der Waals surface area contributed by atoms with Crippen molar-refractivity contribution < 1.29 is 14.6 Å². The van der Waals surface area contributed by atoms with Crippen molar-refractivity contribution >= 4 is 5.97 Å². The van der Waals surface area contributed by atoms with Gasteiger partial charge in [-0.05, 0) is 19.3 Å². The zero-order chi connectivity index (χ0) is 11.0. The van der Waals surface area contributed by atoms with Crippen LogP contribution in [0.3, 0.4) is 0 Å². The van der Waals surface area contributed by atoms with E-state index in [4.69, 9.17) is 4.74 Å². The molecule has 0 aliphatic heterocycles. The fraction of sp³-hybridized carbons (Fsp3) is 0.900. The number of esters is 1. The number of aliphatic hydroxyl groups excluding tert-OH is 1. The van der Waals surface area contributed by atoms with Gasteiger partial charge in [0.1, 0.15) is 0 Å². The molecule has 0 bridgehead atoms. The topological polar surface area (TPSA) is 58.6 Å². The van der Waals surface area contributed by atoms with E-state index in [1.165, 1.54) is 0 Å². The number of carbonyl (C=O) groups excluding carboxylic acids is 1. The van der Waals surface area contributed by atoms with Crippen LogP contribution in [0.1, 0.15) is 27.2 Å². The van der Waals surface area contributed by atoms with Gasteiger partial charge in [-0.3, -0.25) is 4.79 Å². The summed E-state index contributed by atoms with van der Waals surface area (Å²) in [6.07, 6.45) is 0.361. The SMILES string of the molecule is CCOC(=O)CNCC(O)CC(C)C. The van der Waals surface area contributed by atoms with Crippen LogP contribution in [0.2, 0.25) is 0 Å². The molecule has 4 nitrogen and oxygen atoms in total. The molecule has 0 heterocycles. The van der Waals surface area contributed by atoms with Gasteiger partial charge in [-0.25, -0.2) is 0 Å². The van der Waals surface area contributed by atoms with E-state index in [1.807, 2.05) is 0 Å². The molecule has 0 aliphatic rings. The van der Waals surface area contributed by atoms with Gasteiger partial charge in [-0.15, -0.1) is 0 Å². The lowest BCUT2D eigenvalue weighted by molar-refractivity contribution is -0.142. The first kappa shape index (κ1) is 13.4. The van der Waals surface area contributed by atoms with Crippen molar-refractivity contribution in [1.82, 2.24) is 5.32 Å². The highest BCUT2D eigenvalue weighted by molar-refractivity contribution is 5.71. The quantitative estimate of drug-likeness (QED) is 0.593.